The van der Waals surface area contributed by atoms with Crippen LogP contribution in [0, 0.1) is 12.7 Å². The van der Waals surface area contributed by atoms with E-state index >= 15 is 0 Å². The van der Waals surface area contributed by atoms with Crippen molar-refractivity contribution in [3.05, 3.63) is 29.1 Å². The lowest BCUT2D eigenvalue weighted by atomic mass is 10.1. The van der Waals surface area contributed by atoms with Crippen LogP contribution in [0.1, 0.15) is 29.3 Å². The maximum absolute atomic E-state index is 13.6. The number of ether oxygens (including phenoxy) is 1. The maximum atomic E-state index is 13.6. The summed E-state index contributed by atoms with van der Waals surface area (Å²) in [6.45, 7) is 3.37. The zero-order valence-electron chi connectivity index (χ0n) is 10.1. The second kappa shape index (κ2) is 5.45. The summed E-state index contributed by atoms with van der Waals surface area (Å²) in [5.74, 6) is -1.66. The molecule has 100 valence electrons. The van der Waals surface area contributed by atoms with Crippen molar-refractivity contribution in [2.75, 3.05) is 6.61 Å². The van der Waals surface area contributed by atoms with Gasteiger partial charge in [-0.15, -0.1) is 0 Å². The lowest BCUT2D eigenvalue weighted by Crippen LogP contribution is -2.16. The predicted octanol–water partition coefficient (Wildman–Crippen LogP) is 1.35. The summed E-state index contributed by atoms with van der Waals surface area (Å²) < 4.78 is 40.8. The number of rotatable bonds is 4. The fraction of sp³-hybridized carbons (Fsp3) is 0.364. The molecule has 0 unspecified atom stereocenters. The van der Waals surface area contributed by atoms with Crippen LogP contribution in [0.3, 0.4) is 0 Å². The summed E-state index contributed by atoms with van der Waals surface area (Å²) in [6, 6.07) is 2.11. The van der Waals surface area contributed by atoms with Crippen LogP contribution in [-0.2, 0) is 14.8 Å². The second-order valence-corrected chi connectivity index (χ2v) is 5.32. The highest BCUT2D eigenvalue weighted by Crippen LogP contribution is 2.19. The maximum Gasteiger partial charge on any atom is 0.338 e. The van der Waals surface area contributed by atoms with Crippen LogP contribution in [0.4, 0.5) is 4.39 Å². The van der Waals surface area contributed by atoms with E-state index in [1.165, 1.54) is 13.0 Å². The number of esters is 1. The van der Waals surface area contributed by atoms with Crippen molar-refractivity contribution in [1.29, 1.82) is 0 Å². The molecule has 0 aliphatic carbocycles. The molecule has 0 radical (unpaired) electrons. The molecule has 1 aromatic rings. The first-order valence-electron chi connectivity index (χ1n) is 5.27. The second-order valence-electron chi connectivity index (χ2n) is 3.79. The quantitative estimate of drug-likeness (QED) is 0.840. The van der Waals surface area contributed by atoms with Crippen molar-refractivity contribution in [2.24, 2.45) is 5.14 Å². The van der Waals surface area contributed by atoms with Gasteiger partial charge in [0.15, 0.2) is 0 Å². The van der Waals surface area contributed by atoms with Gasteiger partial charge in [0, 0.05) is 0 Å². The number of primary sulfonamides is 1. The number of carbonyl (C=O) groups is 1. The predicted molar refractivity (Wildman–Crippen MR) is 63.1 cm³/mol. The molecular formula is C11H14FNO4S. The van der Waals surface area contributed by atoms with Gasteiger partial charge in [0.2, 0.25) is 10.0 Å². The minimum atomic E-state index is -4.22. The third-order valence-corrected chi connectivity index (χ3v) is 3.11. The van der Waals surface area contributed by atoms with E-state index in [2.05, 4.69) is 0 Å². The molecule has 0 amide bonds. The van der Waals surface area contributed by atoms with Gasteiger partial charge in [-0.3, -0.25) is 0 Å². The molecule has 0 aromatic heterocycles. The van der Waals surface area contributed by atoms with Gasteiger partial charge in [-0.05, 0) is 31.0 Å². The largest absolute Gasteiger partial charge is 0.462 e. The first-order chi connectivity index (χ1) is 8.27. The van der Waals surface area contributed by atoms with Crippen molar-refractivity contribution in [2.45, 2.75) is 25.2 Å². The molecule has 1 rings (SSSR count). The van der Waals surface area contributed by atoms with Crippen molar-refractivity contribution in [3.63, 3.8) is 0 Å². The number of hydrogen-bond acceptors (Lipinski definition) is 4. The number of nitrogens with two attached hydrogens (primary N) is 1. The Kier molecular flexibility index (Phi) is 4.42. The average Bonchev–Trinajstić information content (AvgIpc) is 2.27. The fourth-order valence-corrected chi connectivity index (χ4v) is 2.04. The first kappa shape index (κ1) is 14.6. The third kappa shape index (κ3) is 3.27. The van der Waals surface area contributed by atoms with E-state index in [0.29, 0.717) is 6.42 Å². The first-order valence-corrected chi connectivity index (χ1v) is 6.82. The standard InChI is InChI=1S/C11H14FNO4S/c1-3-4-17-11(14)8-5-7(2)10(12)9(6-8)18(13,15)16/h5-6H,3-4H2,1-2H3,(H2,13,15,16). The van der Waals surface area contributed by atoms with Crippen molar-refractivity contribution < 1.29 is 22.3 Å². The highest BCUT2D eigenvalue weighted by molar-refractivity contribution is 7.89. The molecule has 1 aromatic carbocycles. The molecule has 0 saturated carbocycles. The number of benzene rings is 1. The van der Waals surface area contributed by atoms with E-state index in [9.17, 15) is 17.6 Å². The summed E-state index contributed by atoms with van der Waals surface area (Å²) in [6.07, 6.45) is 0.633. The molecule has 7 heteroatoms. The summed E-state index contributed by atoms with van der Waals surface area (Å²) >= 11 is 0. The Balaban J connectivity index is 3.25. The van der Waals surface area contributed by atoms with Crippen LogP contribution in [-0.4, -0.2) is 21.0 Å². The number of halogens is 1. The van der Waals surface area contributed by atoms with Crippen LogP contribution in [0.15, 0.2) is 17.0 Å². The summed E-state index contributed by atoms with van der Waals surface area (Å²) in [5.41, 5.74) is -0.0173. The molecule has 0 aliphatic rings. The molecule has 0 bridgehead atoms. The van der Waals surface area contributed by atoms with Gasteiger partial charge in [-0.2, -0.15) is 0 Å². The Morgan fingerprint density at radius 1 is 1.44 bits per heavy atom. The Morgan fingerprint density at radius 3 is 2.56 bits per heavy atom. The molecule has 5 nitrogen and oxygen atoms in total. The van der Waals surface area contributed by atoms with Gasteiger partial charge in [0.1, 0.15) is 10.7 Å². The normalized spacial score (nSPS) is 11.3. The number of hydrogen-bond donors (Lipinski definition) is 1. The van der Waals surface area contributed by atoms with E-state index in [1.807, 2.05) is 6.92 Å². The van der Waals surface area contributed by atoms with Gasteiger partial charge >= 0.3 is 5.97 Å². The molecule has 2 N–H and O–H groups in total. The van der Waals surface area contributed by atoms with Crippen molar-refractivity contribution >= 4 is 16.0 Å². The minimum Gasteiger partial charge on any atom is -0.462 e. The monoisotopic (exact) mass is 275 g/mol. The van der Waals surface area contributed by atoms with Gasteiger partial charge < -0.3 is 4.74 Å². The van der Waals surface area contributed by atoms with Gasteiger partial charge in [-0.1, -0.05) is 6.92 Å². The number of carbonyl (C=O) groups excluding carboxylic acids is 1. The van der Waals surface area contributed by atoms with E-state index in [-0.39, 0.29) is 17.7 Å². The lowest BCUT2D eigenvalue weighted by Gasteiger charge is -2.08. The number of aryl methyl sites for hydroxylation is 1. The fourth-order valence-electron chi connectivity index (χ4n) is 1.34. The van der Waals surface area contributed by atoms with Crippen molar-refractivity contribution in [1.82, 2.24) is 0 Å². The minimum absolute atomic E-state index is 0.0185. The SMILES string of the molecule is CCCOC(=O)c1cc(C)c(F)c(S(N)(=O)=O)c1. The van der Waals surface area contributed by atoms with Crippen LogP contribution in [0.25, 0.3) is 0 Å². The van der Waals surface area contributed by atoms with Crippen LogP contribution >= 0.6 is 0 Å². The van der Waals surface area contributed by atoms with Crippen LogP contribution < -0.4 is 5.14 Å². The van der Waals surface area contributed by atoms with Crippen LogP contribution in [0.5, 0.6) is 0 Å². The van der Waals surface area contributed by atoms with Gasteiger partial charge in [0.05, 0.1) is 12.2 Å². The highest BCUT2D eigenvalue weighted by atomic mass is 32.2. The van der Waals surface area contributed by atoms with Gasteiger partial charge in [-0.25, -0.2) is 22.7 Å². The van der Waals surface area contributed by atoms with Gasteiger partial charge in [0.25, 0.3) is 0 Å². The topological polar surface area (TPSA) is 86.5 Å². The Labute approximate surface area is 105 Å². The zero-order chi connectivity index (χ0) is 13.9. The Morgan fingerprint density at radius 2 is 2.06 bits per heavy atom. The summed E-state index contributed by atoms with van der Waals surface area (Å²) in [4.78, 5) is 10.9. The number of sulfonamides is 1. The Bertz CT molecular complexity index is 569. The Hall–Kier alpha value is -1.47. The van der Waals surface area contributed by atoms with E-state index in [0.717, 1.165) is 6.07 Å². The zero-order valence-corrected chi connectivity index (χ0v) is 10.9. The molecule has 0 spiro atoms. The molecule has 0 heterocycles. The van der Waals surface area contributed by atoms with Crippen LogP contribution in [0.2, 0.25) is 0 Å². The smallest absolute Gasteiger partial charge is 0.338 e. The van der Waals surface area contributed by atoms with E-state index in [1.54, 1.807) is 0 Å². The third-order valence-electron chi connectivity index (χ3n) is 2.20. The molecule has 0 fully saturated rings. The highest BCUT2D eigenvalue weighted by Gasteiger charge is 2.20. The molecule has 0 aliphatic heterocycles. The summed E-state index contributed by atoms with van der Waals surface area (Å²) in [5, 5.41) is 4.88. The van der Waals surface area contributed by atoms with Crippen molar-refractivity contribution in [3.8, 4) is 0 Å². The molecule has 0 atom stereocenters. The van der Waals surface area contributed by atoms with E-state index < -0.39 is 26.7 Å². The summed E-state index contributed by atoms with van der Waals surface area (Å²) in [7, 11) is -4.22. The average molecular weight is 275 g/mol. The molecule has 0 saturated heterocycles. The molecule has 18 heavy (non-hydrogen) atoms. The molecular weight excluding hydrogens is 261 g/mol. The lowest BCUT2D eigenvalue weighted by molar-refractivity contribution is 0.0504. The van der Waals surface area contributed by atoms with E-state index in [4.69, 9.17) is 9.88 Å².